The van der Waals surface area contributed by atoms with Gasteiger partial charge in [0.2, 0.25) is 0 Å². The lowest BCUT2D eigenvalue weighted by Gasteiger charge is -2.06. The quantitative estimate of drug-likeness (QED) is 0.281. The van der Waals surface area contributed by atoms with Gasteiger partial charge in [0.15, 0.2) is 11.5 Å². The van der Waals surface area contributed by atoms with Crippen molar-refractivity contribution in [2.75, 3.05) is 0 Å². The second-order valence-corrected chi connectivity index (χ2v) is 3.09. The normalized spacial score (nSPS) is 11.0. The number of carbonyl (C=O) groups is 1. The highest BCUT2D eigenvalue weighted by molar-refractivity contribution is 6.13. The first kappa shape index (κ1) is 15.2. The summed E-state index contributed by atoms with van der Waals surface area (Å²) in [7, 11) is 0. The highest BCUT2D eigenvalue weighted by atomic mass is 16.4. The zero-order chi connectivity index (χ0) is 13.4. The van der Waals surface area contributed by atoms with E-state index >= 15 is 0 Å². The van der Waals surface area contributed by atoms with Crippen LogP contribution in [0.3, 0.4) is 0 Å². The molecule has 7 nitrogen and oxygen atoms in total. The topological polar surface area (TPSA) is 144 Å². The van der Waals surface area contributed by atoms with Gasteiger partial charge in [0.05, 0.1) is 0 Å². The summed E-state index contributed by atoms with van der Waals surface area (Å²) < 4.78 is 0. The van der Waals surface area contributed by atoms with Crippen LogP contribution in [0.1, 0.15) is 5.56 Å². The molecular weight excluding hydrogens is 229 g/mol. The van der Waals surface area contributed by atoms with Crippen LogP contribution < -0.4 is 5.73 Å². The lowest BCUT2D eigenvalue weighted by molar-refractivity contribution is -0.138. The third kappa shape index (κ3) is 5.76. The molecule has 0 bridgehead atoms. The Bertz CT molecular complexity index is 373. The highest BCUT2D eigenvalue weighted by Gasteiger charge is 2.12. The Kier molecular flexibility index (Phi) is 6.72. The van der Waals surface area contributed by atoms with Crippen molar-refractivity contribution in [2.24, 2.45) is 5.73 Å². The Hall–Kier alpha value is -1.77. The lowest BCUT2D eigenvalue weighted by Crippen LogP contribution is -2.32. The molecule has 1 rings (SSSR count). The number of aliphatic carboxylic acids is 1. The smallest absolute Gasteiger partial charge is 0.482 e. The summed E-state index contributed by atoms with van der Waals surface area (Å²) in [5.41, 5.74) is 5.86. The molecular formula is C9H13BNO6. The Morgan fingerprint density at radius 3 is 2.24 bits per heavy atom. The fourth-order valence-electron chi connectivity index (χ4n) is 1.04. The molecule has 0 heterocycles. The molecule has 0 saturated heterocycles. The van der Waals surface area contributed by atoms with E-state index in [9.17, 15) is 4.79 Å². The minimum atomic E-state index is -1.10. The SMILES string of the molecule is N[C@@H](Cc1ccc(O)c(O)c1)C(=O)O.O[B]O. The van der Waals surface area contributed by atoms with Crippen LogP contribution in [0.4, 0.5) is 0 Å². The summed E-state index contributed by atoms with van der Waals surface area (Å²) in [4.78, 5) is 10.4. The molecule has 1 aromatic carbocycles. The average Bonchev–Trinajstić information content (AvgIpc) is 2.24. The maximum absolute atomic E-state index is 10.4. The van der Waals surface area contributed by atoms with Crippen LogP contribution in [0.25, 0.3) is 0 Å². The van der Waals surface area contributed by atoms with Crippen LogP contribution in [0, 0.1) is 0 Å². The second-order valence-electron chi connectivity index (χ2n) is 3.09. The Morgan fingerprint density at radius 2 is 1.82 bits per heavy atom. The van der Waals surface area contributed by atoms with Gasteiger partial charge < -0.3 is 31.1 Å². The van der Waals surface area contributed by atoms with Gasteiger partial charge in [-0.1, -0.05) is 6.07 Å². The monoisotopic (exact) mass is 242 g/mol. The van der Waals surface area contributed by atoms with E-state index in [4.69, 9.17) is 31.1 Å². The van der Waals surface area contributed by atoms with Crippen LogP contribution in [0.15, 0.2) is 18.2 Å². The third-order valence-electron chi connectivity index (χ3n) is 1.81. The minimum absolute atomic E-state index is 0. The fraction of sp³-hybridized carbons (Fsp3) is 0.222. The van der Waals surface area contributed by atoms with Gasteiger partial charge in [-0.2, -0.15) is 0 Å². The second kappa shape index (κ2) is 7.50. The van der Waals surface area contributed by atoms with Crippen molar-refractivity contribution in [2.45, 2.75) is 12.5 Å². The summed E-state index contributed by atoms with van der Waals surface area (Å²) in [6.45, 7) is 0. The van der Waals surface area contributed by atoms with Crippen molar-refractivity contribution in [3.63, 3.8) is 0 Å². The molecule has 8 heteroatoms. The van der Waals surface area contributed by atoms with E-state index in [0.717, 1.165) is 0 Å². The molecule has 0 spiro atoms. The number of benzene rings is 1. The molecule has 17 heavy (non-hydrogen) atoms. The van der Waals surface area contributed by atoms with E-state index < -0.39 is 12.0 Å². The zero-order valence-electron chi connectivity index (χ0n) is 8.82. The number of phenols is 2. The number of nitrogens with two attached hydrogens (primary N) is 1. The highest BCUT2D eigenvalue weighted by Crippen LogP contribution is 2.25. The number of hydrogen-bond donors (Lipinski definition) is 6. The number of hydrogen-bond acceptors (Lipinski definition) is 6. The molecule has 93 valence electrons. The molecule has 1 atom stereocenters. The van der Waals surface area contributed by atoms with Crippen molar-refractivity contribution in [1.82, 2.24) is 0 Å². The molecule has 0 unspecified atom stereocenters. The van der Waals surface area contributed by atoms with Crippen LogP contribution in [-0.2, 0) is 11.2 Å². The summed E-state index contributed by atoms with van der Waals surface area (Å²) in [6.07, 6.45) is 0.114. The van der Waals surface area contributed by atoms with Crippen LogP contribution >= 0.6 is 0 Å². The Labute approximate surface area is 98.1 Å². The van der Waals surface area contributed by atoms with E-state index in [0.29, 0.717) is 5.56 Å². The fourth-order valence-corrected chi connectivity index (χ4v) is 1.04. The molecule has 0 saturated carbocycles. The van der Waals surface area contributed by atoms with E-state index in [1.165, 1.54) is 18.2 Å². The molecule has 1 radical (unpaired) electrons. The first-order chi connectivity index (χ1) is 7.92. The van der Waals surface area contributed by atoms with Gasteiger partial charge in [-0.25, -0.2) is 0 Å². The van der Waals surface area contributed by atoms with Crippen LogP contribution in [-0.4, -0.2) is 45.1 Å². The molecule has 0 fully saturated rings. The molecule has 0 aliphatic rings. The average molecular weight is 242 g/mol. The largest absolute Gasteiger partial charge is 0.504 e. The maximum Gasteiger partial charge on any atom is 0.482 e. The van der Waals surface area contributed by atoms with E-state index in [-0.39, 0.29) is 25.6 Å². The summed E-state index contributed by atoms with van der Waals surface area (Å²) >= 11 is 0. The van der Waals surface area contributed by atoms with Gasteiger partial charge in [-0.3, -0.25) is 4.79 Å². The summed E-state index contributed by atoms with van der Waals surface area (Å²) in [5, 5.41) is 40.6. The first-order valence-electron chi connectivity index (χ1n) is 4.51. The number of phenolic OH excluding ortho intramolecular Hbond substituents is 2. The van der Waals surface area contributed by atoms with Gasteiger partial charge in [0.25, 0.3) is 0 Å². The zero-order valence-corrected chi connectivity index (χ0v) is 8.82. The number of carboxylic acids is 1. The van der Waals surface area contributed by atoms with E-state index in [2.05, 4.69) is 0 Å². The summed E-state index contributed by atoms with van der Waals surface area (Å²) in [5.74, 6) is -1.62. The lowest BCUT2D eigenvalue weighted by atomic mass is 10.1. The molecule has 0 aromatic heterocycles. The van der Waals surface area contributed by atoms with E-state index in [1.807, 2.05) is 0 Å². The molecule has 7 N–H and O–H groups in total. The van der Waals surface area contributed by atoms with Crippen molar-refractivity contribution in [3.8, 4) is 11.5 Å². The van der Waals surface area contributed by atoms with E-state index in [1.54, 1.807) is 0 Å². The predicted molar refractivity (Wildman–Crippen MR) is 59.3 cm³/mol. The summed E-state index contributed by atoms with van der Waals surface area (Å²) in [6, 6.07) is 3.09. The molecule has 0 amide bonds. The number of rotatable bonds is 3. The third-order valence-corrected chi connectivity index (χ3v) is 1.81. The first-order valence-corrected chi connectivity index (χ1v) is 4.51. The number of carboxylic acid groups (broad SMARTS) is 1. The van der Waals surface area contributed by atoms with Gasteiger partial charge in [0.1, 0.15) is 6.04 Å². The van der Waals surface area contributed by atoms with Crippen molar-refractivity contribution in [3.05, 3.63) is 23.8 Å². The maximum atomic E-state index is 10.4. The van der Waals surface area contributed by atoms with Gasteiger partial charge in [-0.05, 0) is 24.1 Å². The van der Waals surface area contributed by atoms with Gasteiger partial charge in [0, 0.05) is 0 Å². The van der Waals surface area contributed by atoms with Gasteiger partial charge in [-0.15, -0.1) is 0 Å². The van der Waals surface area contributed by atoms with Crippen LogP contribution in [0.2, 0.25) is 0 Å². The molecule has 0 aliphatic heterocycles. The van der Waals surface area contributed by atoms with Crippen molar-refractivity contribution >= 4 is 13.7 Å². The van der Waals surface area contributed by atoms with Crippen molar-refractivity contribution < 1.29 is 30.2 Å². The van der Waals surface area contributed by atoms with Gasteiger partial charge >= 0.3 is 13.7 Å². The van der Waals surface area contributed by atoms with Crippen LogP contribution in [0.5, 0.6) is 11.5 Å². The molecule has 0 aliphatic carbocycles. The molecule has 1 aromatic rings. The Morgan fingerprint density at radius 1 is 1.29 bits per heavy atom. The predicted octanol–water partition coefficient (Wildman–Crippen LogP) is -1.44. The Balaban J connectivity index is 0.000000770. The van der Waals surface area contributed by atoms with Crippen molar-refractivity contribution in [1.29, 1.82) is 0 Å². The standard InChI is InChI=1S/C9H11NO4.BH2O2/c10-6(9(13)14)3-5-1-2-7(11)8(12)4-5;2-1-3/h1-2,4,6,11-12H,3,10H2,(H,13,14);2-3H/t6-;/m0./s1. The number of aromatic hydroxyl groups is 2. The minimum Gasteiger partial charge on any atom is -0.504 e.